The van der Waals surface area contributed by atoms with Crippen molar-refractivity contribution in [2.24, 2.45) is 0 Å². The molecule has 0 radical (unpaired) electrons. The molecular formula is C17H22N5S2+. The molecule has 1 aromatic carbocycles. The number of thiazole rings is 1. The summed E-state index contributed by atoms with van der Waals surface area (Å²) in [7, 11) is 0. The van der Waals surface area contributed by atoms with Gasteiger partial charge in [-0.15, -0.1) is 11.3 Å². The molecule has 0 spiro atoms. The molecule has 5 nitrogen and oxygen atoms in total. The van der Waals surface area contributed by atoms with Crippen molar-refractivity contribution in [2.45, 2.75) is 38.9 Å². The minimum Gasteiger partial charge on any atom is -0.316 e. The van der Waals surface area contributed by atoms with Gasteiger partial charge in [-0.25, -0.2) is 4.98 Å². The molecule has 24 heavy (non-hydrogen) atoms. The number of likely N-dealkylation sites (tertiary alicyclic amines) is 1. The van der Waals surface area contributed by atoms with E-state index in [1.165, 1.54) is 29.1 Å². The predicted octanol–water partition coefficient (Wildman–Crippen LogP) is 2.46. The summed E-state index contributed by atoms with van der Waals surface area (Å²) >= 11 is 7.35. The van der Waals surface area contributed by atoms with Gasteiger partial charge in [0.25, 0.3) is 0 Å². The number of nitrogens with one attached hydrogen (secondary N) is 1. The van der Waals surface area contributed by atoms with Gasteiger partial charge in [-0.2, -0.15) is 9.78 Å². The minimum absolute atomic E-state index is 0.550. The lowest BCUT2D eigenvalue weighted by molar-refractivity contribution is -0.929. The monoisotopic (exact) mass is 360 g/mol. The van der Waals surface area contributed by atoms with Gasteiger partial charge in [0.15, 0.2) is 6.67 Å². The fourth-order valence-corrected chi connectivity index (χ4v) is 4.87. The molecule has 0 bridgehead atoms. The average Bonchev–Trinajstić information content (AvgIpc) is 3.19. The number of aryl methyl sites for hydroxylation is 1. The highest BCUT2D eigenvalue weighted by molar-refractivity contribution is 7.71. The highest BCUT2D eigenvalue weighted by Crippen LogP contribution is 2.30. The van der Waals surface area contributed by atoms with Gasteiger partial charge in [-0.05, 0) is 44.1 Å². The average molecular weight is 361 g/mol. The first-order valence-corrected chi connectivity index (χ1v) is 9.78. The second-order valence-corrected chi connectivity index (χ2v) is 7.85. The van der Waals surface area contributed by atoms with Crippen LogP contribution in [0.5, 0.6) is 0 Å². The second-order valence-electron chi connectivity index (χ2n) is 6.42. The van der Waals surface area contributed by atoms with Crippen LogP contribution in [0.15, 0.2) is 30.6 Å². The molecule has 2 atom stereocenters. The minimum atomic E-state index is 0.550. The van der Waals surface area contributed by atoms with Crippen LogP contribution in [0.2, 0.25) is 0 Å². The van der Waals surface area contributed by atoms with Gasteiger partial charge in [0, 0.05) is 6.54 Å². The molecule has 1 aliphatic rings. The van der Waals surface area contributed by atoms with E-state index in [2.05, 4.69) is 36.3 Å². The lowest BCUT2D eigenvalue weighted by Crippen LogP contribution is -3.12. The molecule has 4 rings (SSSR count). The molecule has 1 saturated heterocycles. The predicted molar refractivity (Wildman–Crippen MR) is 99.0 cm³/mol. The molecular weight excluding hydrogens is 338 g/mol. The molecule has 1 fully saturated rings. The Balaban J connectivity index is 1.50. The van der Waals surface area contributed by atoms with Crippen molar-refractivity contribution in [3.05, 3.63) is 40.4 Å². The number of hydrogen-bond donors (Lipinski definition) is 1. The fraction of sp³-hybridized carbons (Fsp3) is 0.471. The van der Waals surface area contributed by atoms with Gasteiger partial charge in [0.05, 0.1) is 29.2 Å². The zero-order valence-electron chi connectivity index (χ0n) is 13.8. The van der Waals surface area contributed by atoms with Crippen LogP contribution >= 0.6 is 23.6 Å². The van der Waals surface area contributed by atoms with Crippen molar-refractivity contribution >= 4 is 33.8 Å². The number of para-hydroxylation sites is 1. The second kappa shape index (κ2) is 6.74. The van der Waals surface area contributed by atoms with Gasteiger partial charge >= 0.3 is 0 Å². The summed E-state index contributed by atoms with van der Waals surface area (Å²) in [6.45, 7) is 6.12. The Labute approximate surface area is 150 Å². The number of hydrogen-bond acceptors (Lipinski definition) is 4. The normalized spacial score (nSPS) is 21.4. The molecule has 0 saturated carbocycles. The van der Waals surface area contributed by atoms with Gasteiger partial charge in [0.1, 0.15) is 11.3 Å². The van der Waals surface area contributed by atoms with Gasteiger partial charge < -0.3 is 9.47 Å². The summed E-state index contributed by atoms with van der Waals surface area (Å²) in [4.78, 5) is 6.42. The highest BCUT2D eigenvalue weighted by Gasteiger charge is 2.27. The molecule has 2 aromatic heterocycles. The molecule has 0 amide bonds. The van der Waals surface area contributed by atoms with Crippen LogP contribution in [0.3, 0.4) is 0 Å². The highest BCUT2D eigenvalue weighted by atomic mass is 32.1. The van der Waals surface area contributed by atoms with Crippen molar-refractivity contribution in [3.63, 3.8) is 0 Å². The lowest BCUT2D eigenvalue weighted by atomic mass is 9.99. The third-order valence-corrected chi connectivity index (χ3v) is 6.43. The van der Waals surface area contributed by atoms with E-state index in [-0.39, 0.29) is 0 Å². The molecule has 3 aromatic rings. The number of aromatic nitrogens is 4. The largest absolute Gasteiger partial charge is 0.316 e. The van der Waals surface area contributed by atoms with E-state index in [1.807, 2.05) is 26.9 Å². The Hall–Kier alpha value is -1.57. The summed E-state index contributed by atoms with van der Waals surface area (Å²) in [5, 5.41) is 5.74. The van der Waals surface area contributed by atoms with E-state index in [4.69, 9.17) is 17.2 Å². The fourth-order valence-electron chi connectivity index (χ4n) is 3.48. The summed E-state index contributed by atoms with van der Waals surface area (Å²) in [6, 6.07) is 8.44. The van der Waals surface area contributed by atoms with E-state index in [0.717, 1.165) is 30.0 Å². The Morgan fingerprint density at radius 1 is 1.38 bits per heavy atom. The Bertz CT molecular complexity index is 861. The number of piperidine rings is 1. The number of rotatable bonds is 4. The van der Waals surface area contributed by atoms with Crippen molar-refractivity contribution in [2.75, 3.05) is 13.1 Å². The first-order valence-electron chi connectivity index (χ1n) is 8.56. The van der Waals surface area contributed by atoms with Crippen LogP contribution < -0.4 is 4.90 Å². The van der Waals surface area contributed by atoms with Crippen LogP contribution in [-0.2, 0) is 13.2 Å². The molecule has 126 valence electrons. The van der Waals surface area contributed by atoms with Crippen molar-refractivity contribution < 1.29 is 4.90 Å². The molecule has 3 heterocycles. The van der Waals surface area contributed by atoms with E-state index in [1.54, 1.807) is 4.90 Å². The van der Waals surface area contributed by atoms with Crippen molar-refractivity contribution in [3.8, 4) is 0 Å². The molecule has 1 unspecified atom stereocenters. The van der Waals surface area contributed by atoms with Gasteiger partial charge in [0.2, 0.25) is 4.77 Å². The third-order valence-electron chi connectivity index (χ3n) is 4.79. The molecule has 1 N–H and O–H groups in total. The van der Waals surface area contributed by atoms with E-state index >= 15 is 0 Å². The van der Waals surface area contributed by atoms with Crippen LogP contribution in [0, 0.1) is 4.77 Å². The Morgan fingerprint density at radius 2 is 2.25 bits per heavy atom. The van der Waals surface area contributed by atoms with Crippen LogP contribution in [0.1, 0.15) is 30.7 Å². The number of quaternary nitrogens is 1. The van der Waals surface area contributed by atoms with E-state index in [0.29, 0.717) is 5.92 Å². The zero-order valence-corrected chi connectivity index (χ0v) is 15.4. The van der Waals surface area contributed by atoms with E-state index < -0.39 is 0 Å². The summed E-state index contributed by atoms with van der Waals surface area (Å²) in [6.07, 6.45) is 4.31. The Morgan fingerprint density at radius 3 is 3.04 bits per heavy atom. The summed E-state index contributed by atoms with van der Waals surface area (Å²) in [5.41, 5.74) is 1.13. The SMILES string of the molecule is CCn1cnn(C[NH+]2CCC[C@@H](c3nc4ccccc4s3)C2)c1=S. The summed E-state index contributed by atoms with van der Waals surface area (Å²) in [5.74, 6) is 0.550. The number of benzene rings is 1. The quantitative estimate of drug-likeness (QED) is 0.727. The van der Waals surface area contributed by atoms with Crippen molar-refractivity contribution in [1.29, 1.82) is 0 Å². The van der Waals surface area contributed by atoms with Crippen LogP contribution in [0.25, 0.3) is 10.2 Å². The number of nitrogens with zero attached hydrogens (tertiary/aromatic N) is 4. The topological polar surface area (TPSA) is 40.1 Å². The standard InChI is InChI=1S/C17H21N5S2/c1-2-21-11-18-22(17(21)23)12-20-9-5-6-13(10-20)16-19-14-7-3-4-8-15(14)24-16/h3-4,7-8,11,13H,2,5-6,9-10,12H2,1H3/p+1/t13-/m1/s1. The van der Waals surface area contributed by atoms with E-state index in [9.17, 15) is 0 Å². The first-order chi connectivity index (χ1) is 11.7. The number of fused-ring (bicyclic) bond motifs is 1. The maximum atomic E-state index is 5.50. The maximum Gasteiger partial charge on any atom is 0.202 e. The zero-order chi connectivity index (χ0) is 16.5. The lowest BCUT2D eigenvalue weighted by Gasteiger charge is -2.28. The Kier molecular flexibility index (Phi) is 4.47. The third kappa shape index (κ3) is 3.03. The molecule has 1 aliphatic heterocycles. The molecule has 0 aliphatic carbocycles. The van der Waals surface area contributed by atoms with Crippen LogP contribution in [-0.4, -0.2) is 32.4 Å². The van der Waals surface area contributed by atoms with Crippen LogP contribution in [0.4, 0.5) is 0 Å². The van der Waals surface area contributed by atoms with Gasteiger partial charge in [-0.1, -0.05) is 12.1 Å². The van der Waals surface area contributed by atoms with Crippen molar-refractivity contribution in [1.82, 2.24) is 19.3 Å². The van der Waals surface area contributed by atoms with Gasteiger partial charge in [-0.3, -0.25) is 0 Å². The maximum absolute atomic E-state index is 5.50. The first kappa shape index (κ1) is 15.9. The summed E-state index contributed by atoms with van der Waals surface area (Å²) < 4.78 is 6.11. The molecule has 7 heteroatoms. The smallest absolute Gasteiger partial charge is 0.202 e.